The molecule has 1 unspecified atom stereocenters. The summed E-state index contributed by atoms with van der Waals surface area (Å²) < 4.78 is 20.1. The summed E-state index contributed by atoms with van der Waals surface area (Å²) in [6.07, 6.45) is 11.3. The van der Waals surface area contributed by atoms with Crippen LogP contribution in [0.3, 0.4) is 0 Å². The van der Waals surface area contributed by atoms with Crippen molar-refractivity contribution in [3.8, 4) is 5.75 Å². The summed E-state index contributed by atoms with van der Waals surface area (Å²) in [5, 5.41) is 0. The van der Waals surface area contributed by atoms with E-state index in [4.69, 9.17) is 4.74 Å². The average molecular weight is 367 g/mol. The van der Waals surface area contributed by atoms with Crippen LogP contribution >= 0.6 is 0 Å². The average Bonchev–Trinajstić information content (AvgIpc) is 2.70. The van der Waals surface area contributed by atoms with E-state index in [1.165, 1.54) is 17.5 Å². The number of aryl methyl sites for hydroxylation is 3. The van der Waals surface area contributed by atoms with Crippen LogP contribution in [0.5, 0.6) is 5.75 Å². The molecule has 0 saturated carbocycles. The van der Waals surface area contributed by atoms with Gasteiger partial charge in [-0.1, -0.05) is 37.3 Å². The largest absolute Gasteiger partial charge is 0.493 e. The molecule has 27 heavy (non-hydrogen) atoms. The minimum atomic E-state index is -0.0368. The predicted octanol–water partition coefficient (Wildman–Crippen LogP) is 6.47. The number of fused-ring (bicyclic) bond motifs is 1. The smallest absolute Gasteiger partial charge is 0.126 e. The lowest BCUT2D eigenvalue weighted by atomic mass is 9.81. The van der Waals surface area contributed by atoms with Crippen molar-refractivity contribution < 1.29 is 9.13 Å². The summed E-state index contributed by atoms with van der Waals surface area (Å²) >= 11 is 0. The molecule has 2 aromatic rings. The zero-order chi connectivity index (χ0) is 19.1. The van der Waals surface area contributed by atoms with Gasteiger partial charge in [-0.15, -0.1) is 0 Å². The molecule has 1 aliphatic carbocycles. The van der Waals surface area contributed by atoms with Gasteiger partial charge in [0.15, 0.2) is 0 Å². The molecule has 2 heteroatoms. The van der Waals surface area contributed by atoms with Crippen LogP contribution in [-0.2, 0) is 25.7 Å². The summed E-state index contributed by atoms with van der Waals surface area (Å²) in [6.45, 7) is 4.82. The number of hydrogen-bond acceptors (Lipinski definition) is 1. The van der Waals surface area contributed by atoms with E-state index in [-0.39, 0.29) is 5.82 Å². The van der Waals surface area contributed by atoms with Gasteiger partial charge >= 0.3 is 0 Å². The van der Waals surface area contributed by atoms with Crippen molar-refractivity contribution in [2.24, 2.45) is 5.92 Å². The molecular weight excluding hydrogens is 335 g/mol. The van der Waals surface area contributed by atoms with E-state index in [1.807, 2.05) is 13.0 Å². The number of allylic oxidation sites excluding steroid dienone is 1. The molecular formula is C25H31FO. The van der Waals surface area contributed by atoms with Crippen LogP contribution in [0.25, 0.3) is 0 Å². The van der Waals surface area contributed by atoms with Gasteiger partial charge in [0.25, 0.3) is 0 Å². The highest BCUT2D eigenvalue weighted by Crippen LogP contribution is 2.31. The van der Waals surface area contributed by atoms with Gasteiger partial charge in [0.1, 0.15) is 11.6 Å². The van der Waals surface area contributed by atoms with Crippen LogP contribution in [0.2, 0.25) is 0 Å². The van der Waals surface area contributed by atoms with Crippen LogP contribution < -0.4 is 4.74 Å². The van der Waals surface area contributed by atoms with E-state index in [0.717, 1.165) is 62.0 Å². The molecule has 0 saturated heterocycles. The maximum absolute atomic E-state index is 14.2. The molecule has 0 spiro atoms. The number of halogens is 1. The van der Waals surface area contributed by atoms with Crippen LogP contribution in [0.1, 0.15) is 55.4 Å². The van der Waals surface area contributed by atoms with Gasteiger partial charge in [-0.3, -0.25) is 0 Å². The Morgan fingerprint density at radius 1 is 1.15 bits per heavy atom. The highest BCUT2D eigenvalue weighted by molar-refractivity contribution is 5.37. The summed E-state index contributed by atoms with van der Waals surface area (Å²) in [5.74, 6) is 1.59. The van der Waals surface area contributed by atoms with Gasteiger partial charge in [-0.2, -0.15) is 0 Å². The third kappa shape index (κ3) is 5.45. The molecule has 1 atom stereocenters. The molecule has 0 bridgehead atoms. The quantitative estimate of drug-likeness (QED) is 0.384. The lowest BCUT2D eigenvalue weighted by Crippen LogP contribution is -2.15. The van der Waals surface area contributed by atoms with E-state index in [2.05, 4.69) is 43.3 Å². The lowest BCUT2D eigenvalue weighted by molar-refractivity contribution is 0.323. The zero-order valence-electron chi connectivity index (χ0n) is 16.6. The highest BCUT2D eigenvalue weighted by atomic mass is 19.1. The van der Waals surface area contributed by atoms with Gasteiger partial charge in [-0.25, -0.2) is 4.39 Å². The number of ether oxygens (including phenoxy) is 1. The Morgan fingerprint density at radius 3 is 2.81 bits per heavy atom. The lowest BCUT2D eigenvalue weighted by Gasteiger charge is -2.25. The monoisotopic (exact) mass is 366 g/mol. The fraction of sp³-hybridized carbons (Fsp3) is 0.440. The first kappa shape index (κ1) is 19.7. The van der Waals surface area contributed by atoms with E-state index in [0.29, 0.717) is 5.92 Å². The predicted molar refractivity (Wildman–Crippen MR) is 111 cm³/mol. The molecule has 0 aromatic heterocycles. The Labute approximate surface area is 163 Å². The van der Waals surface area contributed by atoms with Crippen molar-refractivity contribution in [3.05, 3.63) is 76.6 Å². The summed E-state index contributed by atoms with van der Waals surface area (Å²) in [7, 11) is 0. The van der Waals surface area contributed by atoms with Gasteiger partial charge in [-0.05, 0) is 98.2 Å². The molecule has 0 radical (unpaired) electrons. The number of benzene rings is 2. The standard InChI is InChI=1S/C25H31FO/c1-3-5-6-15-27-24-14-13-22-16-20(9-12-23(22)18-24)8-11-21-10-7-19(4-2)17-25(21)26/h3,5,7,10,13-14,17-18,20H,4,6,8-9,11-12,15-16H2,1-2H3. The van der Waals surface area contributed by atoms with Crippen LogP contribution in [0, 0.1) is 11.7 Å². The van der Waals surface area contributed by atoms with Crippen molar-refractivity contribution in [3.63, 3.8) is 0 Å². The summed E-state index contributed by atoms with van der Waals surface area (Å²) in [5.41, 5.74) is 4.80. The Morgan fingerprint density at radius 2 is 2.04 bits per heavy atom. The van der Waals surface area contributed by atoms with Crippen molar-refractivity contribution in [2.45, 2.75) is 58.8 Å². The van der Waals surface area contributed by atoms with Gasteiger partial charge in [0.05, 0.1) is 6.61 Å². The molecule has 3 rings (SSSR count). The van der Waals surface area contributed by atoms with E-state index in [9.17, 15) is 4.39 Å². The third-order valence-electron chi connectivity index (χ3n) is 5.64. The van der Waals surface area contributed by atoms with Crippen molar-refractivity contribution in [1.82, 2.24) is 0 Å². The van der Waals surface area contributed by atoms with Gasteiger partial charge in [0.2, 0.25) is 0 Å². The maximum Gasteiger partial charge on any atom is 0.126 e. The Kier molecular flexibility index (Phi) is 7.09. The van der Waals surface area contributed by atoms with Crippen molar-refractivity contribution in [1.29, 1.82) is 0 Å². The second-order valence-corrected chi connectivity index (χ2v) is 7.56. The Balaban J connectivity index is 1.53. The second-order valence-electron chi connectivity index (χ2n) is 7.56. The molecule has 0 fully saturated rings. The van der Waals surface area contributed by atoms with E-state index in [1.54, 1.807) is 6.07 Å². The molecule has 1 nitrogen and oxygen atoms in total. The summed E-state index contributed by atoms with van der Waals surface area (Å²) in [4.78, 5) is 0. The summed E-state index contributed by atoms with van der Waals surface area (Å²) in [6, 6.07) is 12.3. The molecule has 0 aliphatic heterocycles. The minimum Gasteiger partial charge on any atom is -0.493 e. The zero-order valence-corrected chi connectivity index (χ0v) is 16.6. The number of hydrogen-bond donors (Lipinski definition) is 0. The van der Waals surface area contributed by atoms with Crippen LogP contribution in [0.15, 0.2) is 48.6 Å². The Hall–Kier alpha value is -2.09. The SMILES string of the molecule is CC=CCCOc1ccc2c(c1)CCC(CCc1ccc(CC)cc1F)C2. The molecule has 2 aromatic carbocycles. The van der Waals surface area contributed by atoms with Gasteiger partial charge in [0, 0.05) is 0 Å². The maximum atomic E-state index is 14.2. The molecule has 0 N–H and O–H groups in total. The van der Waals surface area contributed by atoms with Gasteiger partial charge < -0.3 is 4.74 Å². The molecule has 0 heterocycles. The second kappa shape index (κ2) is 9.73. The first-order valence-electron chi connectivity index (χ1n) is 10.3. The fourth-order valence-corrected chi connectivity index (χ4v) is 3.93. The molecule has 144 valence electrons. The first-order valence-corrected chi connectivity index (χ1v) is 10.3. The van der Waals surface area contributed by atoms with Crippen molar-refractivity contribution in [2.75, 3.05) is 6.61 Å². The molecule has 0 amide bonds. The highest BCUT2D eigenvalue weighted by Gasteiger charge is 2.19. The van der Waals surface area contributed by atoms with Crippen molar-refractivity contribution >= 4 is 0 Å². The van der Waals surface area contributed by atoms with Crippen LogP contribution in [-0.4, -0.2) is 6.61 Å². The minimum absolute atomic E-state index is 0.0368. The normalized spacial score (nSPS) is 16.5. The van der Waals surface area contributed by atoms with E-state index < -0.39 is 0 Å². The molecule has 1 aliphatic rings. The van der Waals surface area contributed by atoms with E-state index >= 15 is 0 Å². The third-order valence-corrected chi connectivity index (χ3v) is 5.64. The van der Waals surface area contributed by atoms with Crippen LogP contribution in [0.4, 0.5) is 4.39 Å². The first-order chi connectivity index (χ1) is 13.2. The topological polar surface area (TPSA) is 9.23 Å². The fourth-order valence-electron chi connectivity index (χ4n) is 3.93. The Bertz CT molecular complexity index is 778. The number of rotatable bonds is 8.